The van der Waals surface area contributed by atoms with Crippen molar-refractivity contribution in [2.45, 2.75) is 17.5 Å². The molecular weight excluding hydrogens is 251 g/mol. The number of hydrogen-bond acceptors (Lipinski definition) is 2. The zero-order chi connectivity index (χ0) is 12.9. The van der Waals surface area contributed by atoms with Gasteiger partial charge in [0.25, 0.3) is 0 Å². The lowest BCUT2D eigenvalue weighted by atomic mass is 10.1. The maximum Gasteiger partial charge on any atom is 0.471 e. The lowest BCUT2D eigenvalue weighted by molar-refractivity contribution is -0.173. The normalized spacial score (nSPS) is 11.3. The van der Waals surface area contributed by atoms with Crippen LogP contribution in [0.3, 0.4) is 0 Å². The molecule has 0 aliphatic carbocycles. The number of carbonyl (C=O) groups excluding carboxylic acids is 1. The van der Waals surface area contributed by atoms with Gasteiger partial charge in [0.1, 0.15) is 0 Å². The highest BCUT2D eigenvalue weighted by Crippen LogP contribution is 2.16. The summed E-state index contributed by atoms with van der Waals surface area (Å²) >= 11 is 1.59. The molecule has 0 atom stereocenters. The average Bonchev–Trinajstić information content (AvgIpc) is 2.28. The first-order valence-electron chi connectivity index (χ1n) is 4.91. The number of halogens is 3. The molecule has 17 heavy (non-hydrogen) atoms. The van der Waals surface area contributed by atoms with Crippen molar-refractivity contribution in [1.29, 1.82) is 0 Å². The lowest BCUT2D eigenvalue weighted by Gasteiger charge is -2.07. The first-order valence-corrected chi connectivity index (χ1v) is 6.14. The van der Waals surface area contributed by atoms with E-state index in [2.05, 4.69) is 0 Å². The van der Waals surface area contributed by atoms with Crippen LogP contribution in [0.1, 0.15) is 5.56 Å². The van der Waals surface area contributed by atoms with Gasteiger partial charge in [-0.15, -0.1) is 11.8 Å². The molecule has 1 rings (SSSR count). The average molecular weight is 263 g/mol. The molecule has 1 amide bonds. The molecular formula is C11H12F3NOS. The molecule has 0 aliphatic heterocycles. The van der Waals surface area contributed by atoms with Crippen molar-refractivity contribution in [3.8, 4) is 0 Å². The summed E-state index contributed by atoms with van der Waals surface area (Å²) in [6, 6.07) is 7.47. The second kappa shape index (κ2) is 5.95. The minimum Gasteiger partial charge on any atom is -0.348 e. The topological polar surface area (TPSA) is 29.1 Å². The maximum atomic E-state index is 11.9. The first-order chi connectivity index (χ1) is 7.93. The quantitative estimate of drug-likeness (QED) is 0.846. The number of nitrogens with one attached hydrogen (secondary N) is 1. The molecule has 0 heterocycles. The van der Waals surface area contributed by atoms with Gasteiger partial charge in [0, 0.05) is 11.4 Å². The fourth-order valence-corrected chi connectivity index (χ4v) is 1.62. The van der Waals surface area contributed by atoms with Crippen LogP contribution in [0.25, 0.3) is 0 Å². The number of benzene rings is 1. The van der Waals surface area contributed by atoms with E-state index in [1.165, 1.54) is 0 Å². The highest BCUT2D eigenvalue weighted by molar-refractivity contribution is 7.98. The summed E-state index contributed by atoms with van der Waals surface area (Å²) in [6.07, 6.45) is -2.47. The highest BCUT2D eigenvalue weighted by atomic mass is 32.2. The summed E-state index contributed by atoms with van der Waals surface area (Å²) in [5.41, 5.74) is 0.894. The van der Waals surface area contributed by atoms with Gasteiger partial charge in [-0.05, 0) is 30.4 Å². The summed E-state index contributed by atoms with van der Waals surface area (Å²) in [7, 11) is 0. The Hall–Kier alpha value is -1.17. The molecule has 0 spiro atoms. The minimum atomic E-state index is -4.80. The summed E-state index contributed by atoms with van der Waals surface area (Å²) in [5, 5.41) is 1.83. The number of alkyl halides is 3. The van der Waals surface area contributed by atoms with Crippen molar-refractivity contribution < 1.29 is 18.0 Å². The van der Waals surface area contributed by atoms with Gasteiger partial charge in [-0.2, -0.15) is 13.2 Å². The number of thioether (sulfide) groups is 1. The van der Waals surface area contributed by atoms with Crippen LogP contribution in [0.5, 0.6) is 0 Å². The van der Waals surface area contributed by atoms with Gasteiger partial charge in [0.2, 0.25) is 0 Å². The number of hydrogen-bond donors (Lipinski definition) is 1. The Morgan fingerprint density at radius 2 is 1.88 bits per heavy atom. The summed E-state index contributed by atoms with van der Waals surface area (Å²) in [6.45, 7) is -0.0169. The Balaban J connectivity index is 2.38. The van der Waals surface area contributed by atoms with Crippen LogP contribution in [0.2, 0.25) is 0 Å². The maximum absolute atomic E-state index is 11.9. The van der Waals surface area contributed by atoms with Crippen LogP contribution < -0.4 is 5.32 Å². The Labute approximate surface area is 102 Å². The summed E-state index contributed by atoms with van der Waals surface area (Å²) in [4.78, 5) is 11.6. The van der Waals surface area contributed by atoms with Crippen LogP contribution in [-0.4, -0.2) is 24.9 Å². The molecule has 0 saturated carbocycles. The van der Waals surface area contributed by atoms with Gasteiger partial charge in [-0.25, -0.2) is 0 Å². The van der Waals surface area contributed by atoms with Gasteiger partial charge < -0.3 is 5.32 Å². The Morgan fingerprint density at radius 3 is 2.35 bits per heavy atom. The van der Waals surface area contributed by atoms with E-state index in [-0.39, 0.29) is 6.54 Å². The fourth-order valence-electron chi connectivity index (χ4n) is 1.21. The predicted molar refractivity (Wildman–Crippen MR) is 61.0 cm³/mol. The SMILES string of the molecule is CSc1ccc(CCNC(=O)C(F)(F)F)cc1. The van der Waals surface area contributed by atoms with E-state index in [0.29, 0.717) is 6.42 Å². The molecule has 2 nitrogen and oxygen atoms in total. The number of amides is 1. The van der Waals surface area contributed by atoms with E-state index < -0.39 is 12.1 Å². The van der Waals surface area contributed by atoms with E-state index in [1.54, 1.807) is 11.8 Å². The smallest absolute Gasteiger partial charge is 0.348 e. The molecule has 1 N–H and O–H groups in total. The molecule has 1 aromatic rings. The third-order valence-corrected chi connectivity index (χ3v) is 2.86. The van der Waals surface area contributed by atoms with Crippen LogP contribution in [0, 0.1) is 0 Å². The van der Waals surface area contributed by atoms with Crippen molar-refractivity contribution in [2.75, 3.05) is 12.8 Å². The molecule has 94 valence electrons. The Kier molecular flexibility index (Phi) is 4.86. The Morgan fingerprint density at radius 1 is 1.29 bits per heavy atom. The predicted octanol–water partition coefficient (Wildman–Crippen LogP) is 2.63. The van der Waals surface area contributed by atoms with Crippen LogP contribution in [-0.2, 0) is 11.2 Å². The highest BCUT2D eigenvalue weighted by Gasteiger charge is 2.38. The van der Waals surface area contributed by atoms with E-state index in [4.69, 9.17) is 0 Å². The van der Waals surface area contributed by atoms with Crippen molar-refractivity contribution in [3.05, 3.63) is 29.8 Å². The molecule has 0 unspecified atom stereocenters. The largest absolute Gasteiger partial charge is 0.471 e. The summed E-state index contributed by atoms with van der Waals surface area (Å²) < 4.78 is 35.6. The molecule has 6 heteroatoms. The zero-order valence-corrected chi connectivity index (χ0v) is 9.99. The fraction of sp³-hybridized carbons (Fsp3) is 0.364. The summed E-state index contributed by atoms with van der Waals surface area (Å²) in [5.74, 6) is -1.89. The van der Waals surface area contributed by atoms with E-state index >= 15 is 0 Å². The van der Waals surface area contributed by atoms with Crippen LogP contribution in [0.4, 0.5) is 13.2 Å². The zero-order valence-electron chi connectivity index (χ0n) is 9.17. The van der Waals surface area contributed by atoms with Gasteiger partial charge in [-0.1, -0.05) is 12.1 Å². The van der Waals surface area contributed by atoms with Gasteiger partial charge >= 0.3 is 12.1 Å². The molecule has 1 aromatic carbocycles. The molecule has 0 fully saturated rings. The van der Waals surface area contributed by atoms with Crippen molar-refractivity contribution in [2.24, 2.45) is 0 Å². The number of rotatable bonds is 4. The molecule has 0 bridgehead atoms. The second-order valence-electron chi connectivity index (χ2n) is 3.35. The van der Waals surface area contributed by atoms with E-state index in [0.717, 1.165) is 10.5 Å². The van der Waals surface area contributed by atoms with Crippen LogP contribution >= 0.6 is 11.8 Å². The Bertz CT molecular complexity index is 375. The molecule has 0 aliphatic rings. The molecule has 0 radical (unpaired) electrons. The van der Waals surface area contributed by atoms with Crippen molar-refractivity contribution in [3.63, 3.8) is 0 Å². The molecule has 0 saturated heterocycles. The molecule has 0 aromatic heterocycles. The van der Waals surface area contributed by atoms with Gasteiger partial charge in [0.05, 0.1) is 0 Å². The lowest BCUT2D eigenvalue weighted by Crippen LogP contribution is -2.37. The minimum absolute atomic E-state index is 0.0169. The van der Waals surface area contributed by atoms with E-state index in [1.807, 2.05) is 35.8 Å². The monoisotopic (exact) mass is 263 g/mol. The third kappa shape index (κ3) is 4.68. The van der Waals surface area contributed by atoms with Crippen molar-refractivity contribution >= 4 is 17.7 Å². The first kappa shape index (κ1) is 13.9. The van der Waals surface area contributed by atoms with Crippen molar-refractivity contribution in [1.82, 2.24) is 5.32 Å². The second-order valence-corrected chi connectivity index (χ2v) is 4.23. The van der Waals surface area contributed by atoms with Gasteiger partial charge in [-0.3, -0.25) is 4.79 Å². The third-order valence-electron chi connectivity index (χ3n) is 2.12. The van der Waals surface area contributed by atoms with Gasteiger partial charge in [0.15, 0.2) is 0 Å². The number of carbonyl (C=O) groups is 1. The van der Waals surface area contributed by atoms with Crippen LogP contribution in [0.15, 0.2) is 29.2 Å². The van der Waals surface area contributed by atoms with E-state index in [9.17, 15) is 18.0 Å². The standard InChI is InChI=1S/C11H12F3NOS/c1-17-9-4-2-8(3-5-9)6-7-15-10(16)11(12,13)14/h2-5H,6-7H2,1H3,(H,15,16).